The Morgan fingerprint density at radius 1 is 1.58 bits per heavy atom. The van der Waals surface area contributed by atoms with Crippen LogP contribution in [0.2, 0.25) is 0 Å². The van der Waals surface area contributed by atoms with Crippen molar-refractivity contribution in [1.29, 1.82) is 0 Å². The van der Waals surface area contributed by atoms with Gasteiger partial charge in [-0.2, -0.15) is 0 Å². The van der Waals surface area contributed by atoms with Gasteiger partial charge in [0.2, 0.25) is 0 Å². The molecule has 1 aliphatic carbocycles. The number of carbonyl (C=O) groups is 1. The monoisotopic (exact) mass is 184 g/mol. The van der Waals surface area contributed by atoms with E-state index in [1.54, 1.807) is 6.08 Å². The summed E-state index contributed by atoms with van der Waals surface area (Å²) in [4.78, 5) is 9.55. The minimum absolute atomic E-state index is 0.634. The van der Waals surface area contributed by atoms with Crippen LogP contribution in [0.15, 0.2) is 36.5 Å². The summed E-state index contributed by atoms with van der Waals surface area (Å²) in [5.41, 5.74) is 0. The highest BCUT2D eigenvalue weighted by Crippen LogP contribution is 2.26. The van der Waals surface area contributed by atoms with Crippen molar-refractivity contribution in [1.82, 2.24) is 0 Å². The zero-order valence-electron chi connectivity index (χ0n) is 6.40. The Kier molecular flexibility index (Phi) is 2.71. The SMILES string of the molecule is O=C(O)C=CC1(Cl)C=CC=CC1. The van der Waals surface area contributed by atoms with Crippen LogP contribution in [0.5, 0.6) is 0 Å². The molecule has 1 unspecified atom stereocenters. The van der Waals surface area contributed by atoms with Crippen LogP contribution in [-0.4, -0.2) is 16.0 Å². The van der Waals surface area contributed by atoms with Crippen molar-refractivity contribution >= 4 is 17.6 Å². The molecule has 0 fully saturated rings. The lowest BCUT2D eigenvalue weighted by molar-refractivity contribution is -0.131. The molecule has 0 amide bonds. The summed E-state index contributed by atoms with van der Waals surface area (Å²) in [6.07, 6.45) is 10.5. The summed E-state index contributed by atoms with van der Waals surface area (Å²) in [5.74, 6) is -0.974. The van der Waals surface area contributed by atoms with Crippen LogP contribution in [0.3, 0.4) is 0 Å². The van der Waals surface area contributed by atoms with Crippen molar-refractivity contribution in [3.63, 3.8) is 0 Å². The van der Waals surface area contributed by atoms with Gasteiger partial charge in [-0.25, -0.2) is 4.79 Å². The number of carboxylic acid groups (broad SMARTS) is 1. The predicted octanol–water partition coefficient (Wildman–Crippen LogP) is 2.12. The number of allylic oxidation sites excluding steroid dienone is 5. The fourth-order valence-corrected chi connectivity index (χ4v) is 1.17. The molecular formula is C9H9ClO2. The van der Waals surface area contributed by atoms with E-state index in [0.29, 0.717) is 6.42 Å². The fraction of sp³-hybridized carbons (Fsp3) is 0.222. The van der Waals surface area contributed by atoms with Crippen LogP contribution in [0.25, 0.3) is 0 Å². The molecule has 0 aromatic heterocycles. The number of hydrogen-bond donors (Lipinski definition) is 1. The number of halogens is 1. The molecule has 0 saturated carbocycles. The Balaban J connectivity index is 2.67. The first-order chi connectivity index (χ1) is 5.62. The van der Waals surface area contributed by atoms with E-state index in [4.69, 9.17) is 16.7 Å². The quantitative estimate of drug-likeness (QED) is 0.527. The van der Waals surface area contributed by atoms with Gasteiger partial charge < -0.3 is 5.11 Å². The van der Waals surface area contributed by atoms with Gasteiger partial charge in [-0.1, -0.05) is 30.4 Å². The van der Waals surface area contributed by atoms with Gasteiger partial charge in [0.05, 0.1) is 4.87 Å². The maximum atomic E-state index is 10.2. The summed E-state index contributed by atoms with van der Waals surface area (Å²) < 4.78 is 0. The normalized spacial score (nSPS) is 28.1. The lowest BCUT2D eigenvalue weighted by Gasteiger charge is -2.18. The van der Waals surface area contributed by atoms with E-state index in [2.05, 4.69) is 0 Å². The molecule has 0 aliphatic heterocycles. The van der Waals surface area contributed by atoms with E-state index in [9.17, 15) is 4.79 Å². The van der Waals surface area contributed by atoms with Gasteiger partial charge in [0.15, 0.2) is 0 Å². The highest BCUT2D eigenvalue weighted by Gasteiger charge is 2.19. The fourth-order valence-electron chi connectivity index (χ4n) is 0.944. The molecule has 0 heterocycles. The number of carboxylic acids is 1. The minimum Gasteiger partial charge on any atom is -0.478 e. The first kappa shape index (κ1) is 9.07. The van der Waals surface area contributed by atoms with Crippen molar-refractivity contribution in [3.05, 3.63) is 36.5 Å². The Bertz CT molecular complexity index is 266. The number of alkyl halides is 1. The standard InChI is InChI=1S/C9H9ClO2/c10-9(7-4-8(11)12)5-2-1-3-6-9/h1-5,7H,6H2,(H,11,12). The number of aliphatic carboxylic acids is 1. The molecule has 12 heavy (non-hydrogen) atoms. The maximum Gasteiger partial charge on any atom is 0.328 e. The third kappa shape index (κ3) is 2.55. The average molecular weight is 185 g/mol. The van der Waals surface area contributed by atoms with Gasteiger partial charge in [-0.15, -0.1) is 11.6 Å². The highest BCUT2D eigenvalue weighted by molar-refractivity contribution is 6.27. The lowest BCUT2D eigenvalue weighted by atomic mass is 9.99. The van der Waals surface area contributed by atoms with E-state index >= 15 is 0 Å². The molecule has 0 saturated heterocycles. The number of hydrogen-bond acceptors (Lipinski definition) is 1. The molecule has 1 N–H and O–H groups in total. The molecule has 0 aromatic rings. The van der Waals surface area contributed by atoms with E-state index in [0.717, 1.165) is 6.08 Å². The molecule has 3 heteroatoms. The Morgan fingerprint density at radius 3 is 2.83 bits per heavy atom. The van der Waals surface area contributed by atoms with E-state index in [1.165, 1.54) is 6.08 Å². The summed E-state index contributed by atoms with van der Waals surface area (Å²) in [7, 11) is 0. The van der Waals surface area contributed by atoms with Crippen molar-refractivity contribution in [3.8, 4) is 0 Å². The molecule has 1 rings (SSSR count). The maximum absolute atomic E-state index is 10.2. The second kappa shape index (κ2) is 3.59. The first-order valence-corrected chi connectivity index (χ1v) is 3.96. The van der Waals surface area contributed by atoms with Gasteiger partial charge in [0.25, 0.3) is 0 Å². The molecule has 1 aliphatic rings. The average Bonchev–Trinajstić information content (AvgIpc) is 2.03. The zero-order chi connectivity index (χ0) is 9.03. The third-order valence-corrected chi connectivity index (χ3v) is 1.96. The Hall–Kier alpha value is -1.02. The topological polar surface area (TPSA) is 37.3 Å². The van der Waals surface area contributed by atoms with Crippen molar-refractivity contribution in [2.24, 2.45) is 0 Å². The second-order valence-electron chi connectivity index (χ2n) is 2.59. The molecule has 1 atom stereocenters. The molecular weight excluding hydrogens is 176 g/mol. The van der Waals surface area contributed by atoms with E-state index < -0.39 is 10.8 Å². The van der Waals surface area contributed by atoms with Crippen molar-refractivity contribution < 1.29 is 9.90 Å². The van der Waals surface area contributed by atoms with E-state index in [-0.39, 0.29) is 0 Å². The van der Waals surface area contributed by atoms with Crippen LogP contribution in [-0.2, 0) is 4.79 Å². The summed E-state index contributed by atoms with van der Waals surface area (Å²) in [5, 5.41) is 8.37. The first-order valence-electron chi connectivity index (χ1n) is 3.58. The van der Waals surface area contributed by atoms with Gasteiger partial charge in [-0.3, -0.25) is 0 Å². The largest absolute Gasteiger partial charge is 0.478 e. The van der Waals surface area contributed by atoms with E-state index in [1.807, 2.05) is 18.2 Å². The lowest BCUT2D eigenvalue weighted by Crippen LogP contribution is -2.15. The Morgan fingerprint density at radius 2 is 2.33 bits per heavy atom. The minimum atomic E-state index is -0.974. The third-order valence-electron chi connectivity index (χ3n) is 1.55. The molecule has 64 valence electrons. The molecule has 2 nitrogen and oxygen atoms in total. The number of rotatable bonds is 2. The summed E-state index contributed by atoms with van der Waals surface area (Å²) in [6, 6.07) is 0. The van der Waals surface area contributed by atoms with Crippen molar-refractivity contribution in [2.45, 2.75) is 11.3 Å². The zero-order valence-corrected chi connectivity index (χ0v) is 7.16. The molecule has 0 radical (unpaired) electrons. The van der Waals surface area contributed by atoms with Gasteiger partial charge in [0, 0.05) is 6.08 Å². The Labute approximate surface area is 75.8 Å². The molecule has 0 bridgehead atoms. The van der Waals surface area contributed by atoms with Crippen LogP contribution in [0.1, 0.15) is 6.42 Å². The van der Waals surface area contributed by atoms with Crippen LogP contribution >= 0.6 is 11.6 Å². The van der Waals surface area contributed by atoms with Gasteiger partial charge in [0.1, 0.15) is 0 Å². The van der Waals surface area contributed by atoms with Crippen LogP contribution < -0.4 is 0 Å². The smallest absolute Gasteiger partial charge is 0.328 e. The highest BCUT2D eigenvalue weighted by atomic mass is 35.5. The van der Waals surface area contributed by atoms with Crippen LogP contribution in [0, 0.1) is 0 Å². The van der Waals surface area contributed by atoms with Crippen LogP contribution in [0.4, 0.5) is 0 Å². The van der Waals surface area contributed by atoms with Gasteiger partial charge >= 0.3 is 5.97 Å². The predicted molar refractivity (Wildman–Crippen MR) is 48.3 cm³/mol. The second-order valence-corrected chi connectivity index (χ2v) is 3.29. The summed E-state index contributed by atoms with van der Waals surface area (Å²) >= 11 is 6.03. The van der Waals surface area contributed by atoms with Gasteiger partial charge in [-0.05, 0) is 6.42 Å². The van der Waals surface area contributed by atoms with Crippen molar-refractivity contribution in [2.75, 3.05) is 0 Å². The summed E-state index contributed by atoms with van der Waals surface area (Å²) in [6.45, 7) is 0. The molecule has 0 aromatic carbocycles. The molecule has 0 spiro atoms.